The van der Waals surface area contributed by atoms with Gasteiger partial charge in [0, 0.05) is 4.88 Å². The van der Waals surface area contributed by atoms with Gasteiger partial charge in [0.2, 0.25) is 5.78 Å². The summed E-state index contributed by atoms with van der Waals surface area (Å²) in [6, 6.07) is 17.0. The zero-order chi connectivity index (χ0) is 23.4. The van der Waals surface area contributed by atoms with E-state index in [0.717, 1.165) is 27.0 Å². The van der Waals surface area contributed by atoms with Crippen molar-refractivity contribution in [3.8, 4) is 5.69 Å². The van der Waals surface area contributed by atoms with Crippen molar-refractivity contribution in [2.24, 2.45) is 0 Å². The van der Waals surface area contributed by atoms with Crippen molar-refractivity contribution in [1.29, 1.82) is 0 Å². The van der Waals surface area contributed by atoms with E-state index in [0.29, 0.717) is 33.7 Å². The number of hydrogen-bond acceptors (Lipinski definition) is 8. The van der Waals surface area contributed by atoms with E-state index in [1.165, 1.54) is 16.6 Å². The summed E-state index contributed by atoms with van der Waals surface area (Å²) in [7, 11) is 0. The Bertz CT molecular complexity index is 1770. The van der Waals surface area contributed by atoms with Crippen molar-refractivity contribution in [2.45, 2.75) is 24.8 Å². The molecule has 6 aromatic rings. The van der Waals surface area contributed by atoms with Crippen molar-refractivity contribution in [2.75, 3.05) is 5.73 Å². The molecule has 8 nitrogen and oxygen atoms in total. The van der Waals surface area contributed by atoms with Crippen LogP contribution in [-0.4, -0.2) is 29.1 Å². The lowest BCUT2D eigenvalue weighted by molar-refractivity contribution is 0.927. The Morgan fingerprint density at radius 3 is 2.59 bits per heavy atom. The van der Waals surface area contributed by atoms with E-state index in [1.807, 2.05) is 65.9 Å². The molecule has 0 fully saturated rings. The monoisotopic (exact) mass is 485 g/mol. The fraction of sp³-hybridized carbons (Fsp3) is 0.125. The zero-order valence-corrected chi connectivity index (χ0v) is 20.0. The van der Waals surface area contributed by atoms with Crippen LogP contribution >= 0.6 is 23.1 Å². The third-order valence-corrected chi connectivity index (χ3v) is 7.87. The van der Waals surface area contributed by atoms with Crippen LogP contribution in [-0.2, 0) is 5.75 Å². The molecule has 0 radical (unpaired) electrons. The number of thioether (sulfide) groups is 1. The van der Waals surface area contributed by atoms with E-state index < -0.39 is 0 Å². The molecule has 34 heavy (non-hydrogen) atoms. The first-order valence-corrected chi connectivity index (χ1v) is 12.4. The molecule has 2 N–H and O–H groups in total. The van der Waals surface area contributed by atoms with E-state index in [2.05, 4.69) is 22.1 Å². The van der Waals surface area contributed by atoms with Crippen LogP contribution < -0.4 is 11.3 Å². The molecule has 0 aliphatic rings. The van der Waals surface area contributed by atoms with Crippen molar-refractivity contribution in [3.05, 3.63) is 81.2 Å². The van der Waals surface area contributed by atoms with Crippen molar-refractivity contribution >= 4 is 55.8 Å². The van der Waals surface area contributed by atoms with Crippen LogP contribution in [0.25, 0.3) is 32.6 Å². The highest BCUT2D eigenvalue weighted by Crippen LogP contribution is 2.33. The molecular weight excluding hydrogens is 466 g/mol. The van der Waals surface area contributed by atoms with Crippen LogP contribution in [0.15, 0.2) is 64.5 Å². The number of aryl methyl sites for hydroxylation is 2. The molecule has 0 spiro atoms. The Hall–Kier alpha value is -3.76. The van der Waals surface area contributed by atoms with Crippen LogP contribution in [0, 0.1) is 13.8 Å². The summed E-state index contributed by atoms with van der Waals surface area (Å²) >= 11 is 3.08. The van der Waals surface area contributed by atoms with Crippen LogP contribution in [0.5, 0.6) is 0 Å². The Morgan fingerprint density at radius 1 is 1.00 bits per heavy atom. The smallest absolute Gasteiger partial charge is 0.267 e. The van der Waals surface area contributed by atoms with Gasteiger partial charge in [-0.2, -0.15) is 0 Å². The van der Waals surface area contributed by atoms with Gasteiger partial charge in [-0.25, -0.2) is 14.5 Å². The number of nitrogens with zero attached hydrogens (tertiary/aromatic N) is 6. The van der Waals surface area contributed by atoms with Gasteiger partial charge < -0.3 is 5.73 Å². The van der Waals surface area contributed by atoms with Gasteiger partial charge in [0.05, 0.1) is 27.7 Å². The minimum atomic E-state index is -0.136. The average Bonchev–Trinajstić information content (AvgIpc) is 3.39. The van der Waals surface area contributed by atoms with Gasteiger partial charge in [0.1, 0.15) is 16.5 Å². The summed E-state index contributed by atoms with van der Waals surface area (Å²) in [6.45, 7) is 4.11. The topological polar surface area (TPSA) is 104 Å². The quantitative estimate of drug-likeness (QED) is 0.366. The van der Waals surface area contributed by atoms with Gasteiger partial charge in [-0.05, 0) is 43.7 Å². The van der Waals surface area contributed by atoms with Crippen LogP contribution in [0.4, 0.5) is 5.82 Å². The second-order valence-corrected chi connectivity index (χ2v) is 10.0. The minimum absolute atomic E-state index is 0.136. The van der Waals surface area contributed by atoms with Gasteiger partial charge in [0.25, 0.3) is 5.56 Å². The molecule has 168 valence electrons. The molecule has 0 saturated heterocycles. The number of benzene rings is 2. The van der Waals surface area contributed by atoms with Crippen molar-refractivity contribution in [3.63, 3.8) is 0 Å². The van der Waals surface area contributed by atoms with Gasteiger partial charge in [-0.3, -0.25) is 9.20 Å². The molecule has 0 amide bonds. The Balaban J connectivity index is 1.48. The Kier molecular flexibility index (Phi) is 4.85. The minimum Gasteiger partial charge on any atom is -0.383 e. The lowest BCUT2D eigenvalue weighted by Gasteiger charge is -2.11. The van der Waals surface area contributed by atoms with E-state index in [9.17, 15) is 4.79 Å². The van der Waals surface area contributed by atoms with Crippen molar-refractivity contribution in [1.82, 2.24) is 29.1 Å². The average molecular weight is 486 g/mol. The molecule has 0 bridgehead atoms. The first-order valence-electron chi connectivity index (χ1n) is 10.6. The number of rotatable bonds is 4. The molecule has 4 heterocycles. The van der Waals surface area contributed by atoms with E-state index in [4.69, 9.17) is 10.7 Å². The molecule has 0 aliphatic heterocycles. The van der Waals surface area contributed by atoms with E-state index >= 15 is 0 Å². The molecule has 0 unspecified atom stereocenters. The molecule has 0 aliphatic carbocycles. The van der Waals surface area contributed by atoms with Crippen LogP contribution in [0.1, 0.15) is 16.3 Å². The highest BCUT2D eigenvalue weighted by atomic mass is 32.2. The van der Waals surface area contributed by atoms with Gasteiger partial charge in [-0.1, -0.05) is 42.1 Å². The fourth-order valence-corrected chi connectivity index (χ4v) is 5.95. The van der Waals surface area contributed by atoms with E-state index in [-0.39, 0.29) is 5.56 Å². The lowest BCUT2D eigenvalue weighted by atomic mass is 10.2. The van der Waals surface area contributed by atoms with Gasteiger partial charge >= 0.3 is 0 Å². The molecule has 4 aromatic heterocycles. The fourth-order valence-electron chi connectivity index (χ4n) is 4.10. The first kappa shape index (κ1) is 20.8. The van der Waals surface area contributed by atoms with Crippen LogP contribution in [0.3, 0.4) is 0 Å². The van der Waals surface area contributed by atoms with Gasteiger partial charge in [-0.15, -0.1) is 21.5 Å². The standard InChI is InChI=1S/C24H19N7OS2/c1-13-14(2)34-21-19(13)20(25)26-18(27-21)12-33-24-29-28-23-30(15-8-4-3-5-9-15)22(32)16-10-6-7-11-17(16)31(23)24/h3-11H,12H2,1-2H3,(H2,25,26,27). The zero-order valence-electron chi connectivity index (χ0n) is 18.4. The number of para-hydroxylation sites is 2. The molecular formula is C24H19N7OS2. The highest BCUT2D eigenvalue weighted by molar-refractivity contribution is 7.98. The maximum absolute atomic E-state index is 13.4. The third kappa shape index (κ3) is 3.17. The van der Waals surface area contributed by atoms with Gasteiger partial charge in [0.15, 0.2) is 5.16 Å². The summed E-state index contributed by atoms with van der Waals surface area (Å²) in [5.41, 5.74) is 8.74. The summed E-state index contributed by atoms with van der Waals surface area (Å²) in [4.78, 5) is 24.7. The largest absolute Gasteiger partial charge is 0.383 e. The number of thiophene rings is 1. The molecule has 2 aromatic carbocycles. The lowest BCUT2D eigenvalue weighted by Crippen LogP contribution is -2.21. The highest BCUT2D eigenvalue weighted by Gasteiger charge is 2.19. The summed E-state index contributed by atoms with van der Waals surface area (Å²) in [6.07, 6.45) is 0. The molecule has 0 atom stereocenters. The first-order chi connectivity index (χ1) is 16.5. The summed E-state index contributed by atoms with van der Waals surface area (Å²) < 4.78 is 3.51. The molecule has 10 heteroatoms. The Morgan fingerprint density at radius 2 is 1.76 bits per heavy atom. The predicted molar refractivity (Wildman–Crippen MR) is 137 cm³/mol. The third-order valence-electron chi connectivity index (χ3n) is 5.84. The number of fused-ring (bicyclic) bond motifs is 4. The van der Waals surface area contributed by atoms with Crippen LogP contribution in [0.2, 0.25) is 0 Å². The summed E-state index contributed by atoms with van der Waals surface area (Å²) in [5, 5.41) is 11.0. The SMILES string of the molecule is Cc1sc2nc(CSc3nnc4n(-c5ccccc5)c(=O)c5ccccc5n34)nc(N)c2c1C. The van der Waals surface area contributed by atoms with Crippen molar-refractivity contribution < 1.29 is 0 Å². The maximum Gasteiger partial charge on any atom is 0.267 e. The number of anilines is 1. The normalized spacial score (nSPS) is 11.7. The second-order valence-electron chi connectivity index (χ2n) is 7.89. The number of nitrogen functional groups attached to an aromatic ring is 1. The number of nitrogens with two attached hydrogens (primary N) is 1. The maximum atomic E-state index is 13.4. The summed E-state index contributed by atoms with van der Waals surface area (Å²) in [5.74, 6) is 2.05. The second kappa shape index (κ2) is 7.93. The predicted octanol–water partition coefficient (Wildman–Crippen LogP) is 4.53. The number of aromatic nitrogens is 6. The Labute approximate surface area is 202 Å². The van der Waals surface area contributed by atoms with E-state index in [1.54, 1.807) is 15.9 Å². The molecule has 6 rings (SSSR count). The number of hydrogen-bond donors (Lipinski definition) is 1. The molecule has 0 saturated carbocycles.